The van der Waals surface area contributed by atoms with Crippen molar-refractivity contribution in [3.05, 3.63) is 47.5 Å². The first-order valence-corrected chi connectivity index (χ1v) is 7.89. The van der Waals surface area contributed by atoms with E-state index < -0.39 is 12.0 Å². The van der Waals surface area contributed by atoms with Gasteiger partial charge in [0.05, 0.1) is 0 Å². The van der Waals surface area contributed by atoms with Gasteiger partial charge in [-0.3, -0.25) is 4.79 Å². The first kappa shape index (κ1) is 21.1. The van der Waals surface area contributed by atoms with Crippen LogP contribution in [-0.2, 0) is 17.6 Å². The number of carboxylic acids is 1. The number of nitrogens with two attached hydrogens (primary N) is 1. The number of phenols is 4. The monoisotopic (exact) mass is 364 g/mol. The Morgan fingerprint density at radius 2 is 1.46 bits per heavy atom. The average molecular weight is 364 g/mol. The van der Waals surface area contributed by atoms with Gasteiger partial charge < -0.3 is 36.6 Å². The Kier molecular flexibility index (Phi) is 8.20. The van der Waals surface area contributed by atoms with Crippen molar-refractivity contribution < 1.29 is 30.3 Å². The molecule has 0 amide bonds. The van der Waals surface area contributed by atoms with E-state index in [0.717, 1.165) is 18.5 Å². The lowest BCUT2D eigenvalue weighted by atomic mass is 10.1. The fourth-order valence-corrected chi connectivity index (χ4v) is 2.03. The summed E-state index contributed by atoms with van der Waals surface area (Å²) in [5.74, 6) is -1.73. The number of carboxylic acid groups (broad SMARTS) is 1. The predicted molar refractivity (Wildman–Crippen MR) is 96.5 cm³/mol. The molecule has 142 valence electrons. The molecule has 0 fully saturated rings. The number of likely N-dealkylation sites (N-methyl/N-ethyl adjacent to an activating group) is 1. The Balaban J connectivity index is 0.000000263. The van der Waals surface area contributed by atoms with Gasteiger partial charge in [-0.05, 0) is 61.8 Å². The number of carbonyl (C=O) groups is 1. The summed E-state index contributed by atoms with van der Waals surface area (Å²) < 4.78 is 0. The van der Waals surface area contributed by atoms with Crippen LogP contribution in [0.25, 0.3) is 0 Å². The molecule has 0 aliphatic carbocycles. The molecule has 0 saturated heterocycles. The zero-order chi connectivity index (χ0) is 19.7. The van der Waals surface area contributed by atoms with E-state index in [4.69, 9.17) is 31.3 Å². The van der Waals surface area contributed by atoms with Crippen molar-refractivity contribution in [3.63, 3.8) is 0 Å². The summed E-state index contributed by atoms with van der Waals surface area (Å²) in [6.45, 7) is 0.865. The number of nitrogens with one attached hydrogen (secondary N) is 1. The highest BCUT2D eigenvalue weighted by molar-refractivity contribution is 5.73. The van der Waals surface area contributed by atoms with E-state index in [1.807, 2.05) is 7.05 Å². The number of aromatic hydroxyl groups is 4. The smallest absolute Gasteiger partial charge is 0.320 e. The maximum absolute atomic E-state index is 10.4. The molecular weight excluding hydrogens is 340 g/mol. The summed E-state index contributed by atoms with van der Waals surface area (Å²) in [5.41, 5.74) is 6.87. The van der Waals surface area contributed by atoms with E-state index >= 15 is 0 Å². The van der Waals surface area contributed by atoms with Crippen molar-refractivity contribution in [2.24, 2.45) is 5.73 Å². The normalized spacial score (nSPS) is 11.3. The molecule has 8 heteroatoms. The van der Waals surface area contributed by atoms with Crippen LogP contribution in [0.2, 0.25) is 0 Å². The lowest BCUT2D eigenvalue weighted by Gasteiger charge is -2.06. The second-order valence-corrected chi connectivity index (χ2v) is 5.65. The fraction of sp³-hybridized carbons (Fsp3) is 0.278. The molecular formula is C18H24N2O6. The zero-order valence-corrected chi connectivity index (χ0v) is 14.4. The molecule has 26 heavy (non-hydrogen) atoms. The minimum absolute atomic E-state index is 0.0522. The Morgan fingerprint density at radius 3 is 1.92 bits per heavy atom. The summed E-state index contributed by atoms with van der Waals surface area (Å²) in [5, 5.41) is 47.8. The predicted octanol–water partition coefficient (Wildman–Crippen LogP) is 0.912. The molecule has 2 aromatic carbocycles. The minimum Gasteiger partial charge on any atom is -0.504 e. The maximum atomic E-state index is 10.4. The first-order chi connectivity index (χ1) is 12.2. The number of aliphatic carboxylic acids is 1. The summed E-state index contributed by atoms with van der Waals surface area (Å²) in [4.78, 5) is 10.4. The van der Waals surface area contributed by atoms with E-state index in [1.54, 1.807) is 12.1 Å². The summed E-state index contributed by atoms with van der Waals surface area (Å²) in [7, 11) is 1.88. The van der Waals surface area contributed by atoms with Crippen molar-refractivity contribution >= 4 is 5.97 Å². The van der Waals surface area contributed by atoms with Crippen LogP contribution in [0, 0.1) is 0 Å². The Bertz CT molecular complexity index is 736. The van der Waals surface area contributed by atoms with Gasteiger partial charge in [0.15, 0.2) is 23.0 Å². The number of hydrogen-bond acceptors (Lipinski definition) is 7. The van der Waals surface area contributed by atoms with Crippen LogP contribution in [-0.4, -0.2) is 51.1 Å². The molecule has 0 heterocycles. The third kappa shape index (κ3) is 6.88. The first-order valence-electron chi connectivity index (χ1n) is 7.89. The van der Waals surface area contributed by atoms with Gasteiger partial charge in [0.1, 0.15) is 6.04 Å². The molecule has 1 unspecified atom stereocenters. The Morgan fingerprint density at radius 1 is 0.962 bits per heavy atom. The highest BCUT2D eigenvalue weighted by Crippen LogP contribution is 2.25. The van der Waals surface area contributed by atoms with Gasteiger partial charge in [-0.25, -0.2) is 0 Å². The van der Waals surface area contributed by atoms with Crippen LogP contribution in [0.3, 0.4) is 0 Å². The minimum atomic E-state index is -1.10. The van der Waals surface area contributed by atoms with Gasteiger partial charge in [0.25, 0.3) is 0 Å². The van der Waals surface area contributed by atoms with Crippen molar-refractivity contribution in [1.82, 2.24) is 5.32 Å². The van der Waals surface area contributed by atoms with Gasteiger partial charge in [-0.1, -0.05) is 12.1 Å². The second kappa shape index (κ2) is 10.1. The number of benzene rings is 2. The molecule has 2 aromatic rings. The van der Waals surface area contributed by atoms with E-state index in [1.165, 1.54) is 24.3 Å². The van der Waals surface area contributed by atoms with E-state index in [0.29, 0.717) is 5.56 Å². The molecule has 0 aliphatic heterocycles. The van der Waals surface area contributed by atoms with Crippen LogP contribution in [0.15, 0.2) is 36.4 Å². The van der Waals surface area contributed by atoms with Gasteiger partial charge >= 0.3 is 5.97 Å². The van der Waals surface area contributed by atoms with E-state index in [2.05, 4.69) is 5.32 Å². The lowest BCUT2D eigenvalue weighted by molar-refractivity contribution is -0.138. The van der Waals surface area contributed by atoms with Gasteiger partial charge in [0.2, 0.25) is 0 Å². The van der Waals surface area contributed by atoms with Crippen molar-refractivity contribution in [1.29, 1.82) is 0 Å². The third-order valence-corrected chi connectivity index (χ3v) is 3.52. The summed E-state index contributed by atoms with van der Waals surface area (Å²) in [6, 6.07) is 7.97. The molecule has 0 saturated carbocycles. The van der Waals surface area contributed by atoms with Crippen LogP contribution < -0.4 is 11.1 Å². The zero-order valence-electron chi connectivity index (χ0n) is 14.4. The van der Waals surface area contributed by atoms with Gasteiger partial charge in [-0.15, -0.1) is 0 Å². The number of rotatable bonds is 6. The molecule has 0 bridgehead atoms. The van der Waals surface area contributed by atoms with Crippen molar-refractivity contribution in [2.45, 2.75) is 18.9 Å². The summed E-state index contributed by atoms with van der Waals surface area (Å²) in [6.07, 6.45) is 0.966. The molecule has 1 atom stereocenters. The topological polar surface area (TPSA) is 156 Å². The Hall–Kier alpha value is -2.97. The van der Waals surface area contributed by atoms with Crippen molar-refractivity contribution in [2.75, 3.05) is 13.6 Å². The average Bonchev–Trinajstić information content (AvgIpc) is 2.59. The van der Waals surface area contributed by atoms with E-state index in [-0.39, 0.29) is 29.4 Å². The maximum Gasteiger partial charge on any atom is 0.320 e. The van der Waals surface area contributed by atoms with E-state index in [9.17, 15) is 4.79 Å². The SMILES string of the molecule is CNCCc1ccc(O)c(O)c1.NC(Cc1ccc(O)c(O)c1)C(=O)O. The molecule has 8 nitrogen and oxygen atoms in total. The number of hydrogen-bond donors (Lipinski definition) is 7. The molecule has 2 rings (SSSR count). The standard InChI is InChI=1S/C9H11NO4.C9H13NO2/c10-6(9(13)14)3-5-1-2-7(11)8(12)4-5;1-10-5-4-7-2-3-8(11)9(12)6-7/h1-2,4,6,11-12H,3,10H2,(H,13,14);2-3,6,10-12H,4-5H2,1H3. The van der Waals surface area contributed by atoms with Gasteiger partial charge in [0, 0.05) is 0 Å². The van der Waals surface area contributed by atoms with Crippen LogP contribution in [0.4, 0.5) is 0 Å². The van der Waals surface area contributed by atoms with Crippen LogP contribution >= 0.6 is 0 Å². The molecule has 8 N–H and O–H groups in total. The quantitative estimate of drug-likeness (QED) is 0.373. The molecule has 0 radical (unpaired) electrons. The third-order valence-electron chi connectivity index (χ3n) is 3.52. The lowest BCUT2D eigenvalue weighted by Crippen LogP contribution is -2.32. The second-order valence-electron chi connectivity index (χ2n) is 5.65. The highest BCUT2D eigenvalue weighted by Gasteiger charge is 2.12. The van der Waals surface area contributed by atoms with Crippen LogP contribution in [0.5, 0.6) is 23.0 Å². The number of phenolic OH excluding ortho intramolecular Hbond substituents is 4. The van der Waals surface area contributed by atoms with Crippen LogP contribution in [0.1, 0.15) is 11.1 Å². The highest BCUT2D eigenvalue weighted by atomic mass is 16.4. The fourth-order valence-electron chi connectivity index (χ4n) is 2.03. The molecule has 0 aliphatic rings. The van der Waals surface area contributed by atoms with Gasteiger partial charge in [-0.2, -0.15) is 0 Å². The Labute approximate surface area is 151 Å². The molecule has 0 spiro atoms. The van der Waals surface area contributed by atoms with Crippen molar-refractivity contribution in [3.8, 4) is 23.0 Å². The largest absolute Gasteiger partial charge is 0.504 e. The summed E-state index contributed by atoms with van der Waals surface area (Å²) >= 11 is 0. The molecule has 0 aromatic heterocycles.